The number of aromatic nitrogens is 2. The van der Waals surface area contributed by atoms with Crippen LogP contribution in [0.2, 0.25) is 0 Å². The number of carbonyl (C=O) groups excluding carboxylic acids is 1. The van der Waals surface area contributed by atoms with Crippen LogP contribution >= 0.6 is 11.3 Å². The third-order valence-corrected chi connectivity index (χ3v) is 9.22. The Morgan fingerprint density at radius 3 is 2.48 bits per heavy atom. The molecule has 174 valence electrons. The van der Waals surface area contributed by atoms with Crippen molar-refractivity contribution >= 4 is 22.2 Å². The summed E-state index contributed by atoms with van der Waals surface area (Å²) in [6, 6.07) is 10.3. The van der Waals surface area contributed by atoms with E-state index in [2.05, 4.69) is 33.0 Å². The minimum Gasteiger partial charge on any atom is -0.383 e. The number of benzene rings is 1. The SMILES string of the molecule is COCCN(CCc1csc2nc(-c3ccccc3)cn12)C(=O)C12CC3CC(CC(C3)C1)C2. The fraction of sp³-hybridized carbons (Fsp3) is 0.556. The molecule has 0 aliphatic heterocycles. The Bertz CT molecular complexity index is 1100. The van der Waals surface area contributed by atoms with Crippen LogP contribution < -0.4 is 0 Å². The summed E-state index contributed by atoms with van der Waals surface area (Å²) in [7, 11) is 1.73. The van der Waals surface area contributed by atoms with Crippen LogP contribution in [-0.4, -0.2) is 47.0 Å². The molecule has 3 aromatic rings. The lowest BCUT2D eigenvalue weighted by Crippen LogP contribution is -2.55. The Morgan fingerprint density at radius 2 is 1.82 bits per heavy atom. The van der Waals surface area contributed by atoms with Crippen LogP contribution in [0.25, 0.3) is 16.2 Å². The zero-order chi connectivity index (χ0) is 22.4. The summed E-state index contributed by atoms with van der Waals surface area (Å²) in [6.45, 7) is 2.03. The van der Waals surface area contributed by atoms with E-state index in [0.29, 0.717) is 19.1 Å². The van der Waals surface area contributed by atoms with E-state index < -0.39 is 0 Å². The lowest BCUT2D eigenvalue weighted by molar-refractivity contribution is -0.158. The molecule has 4 aliphatic carbocycles. The van der Waals surface area contributed by atoms with E-state index in [1.54, 1.807) is 18.4 Å². The molecule has 0 N–H and O–H groups in total. The van der Waals surface area contributed by atoms with Gasteiger partial charge in [-0.3, -0.25) is 9.20 Å². The molecular formula is C27H33N3O2S. The molecule has 2 heterocycles. The second-order valence-electron chi connectivity index (χ2n) is 10.6. The van der Waals surface area contributed by atoms with Gasteiger partial charge in [0.15, 0.2) is 4.96 Å². The zero-order valence-corrected chi connectivity index (χ0v) is 20.2. The first-order valence-corrected chi connectivity index (χ1v) is 13.3. The van der Waals surface area contributed by atoms with E-state index in [9.17, 15) is 4.79 Å². The minimum atomic E-state index is -0.0953. The van der Waals surface area contributed by atoms with Gasteiger partial charge < -0.3 is 9.64 Å². The molecule has 0 saturated heterocycles. The van der Waals surface area contributed by atoms with Crippen molar-refractivity contribution in [2.45, 2.75) is 44.9 Å². The van der Waals surface area contributed by atoms with E-state index in [1.807, 2.05) is 18.2 Å². The van der Waals surface area contributed by atoms with Crippen molar-refractivity contribution in [2.75, 3.05) is 26.8 Å². The number of rotatable bonds is 8. The summed E-state index contributed by atoms with van der Waals surface area (Å²) >= 11 is 1.68. The Balaban J connectivity index is 1.21. The molecule has 4 fully saturated rings. The standard InChI is InChI=1S/C27H33N3O2S/c1-32-10-9-29(25(31)27-14-19-11-20(15-27)13-21(12-19)16-27)8-7-23-18-33-26-28-24(17-30(23)26)22-5-3-2-4-6-22/h2-6,17-21H,7-16H2,1H3. The monoisotopic (exact) mass is 463 g/mol. The van der Waals surface area contributed by atoms with Crippen molar-refractivity contribution in [3.63, 3.8) is 0 Å². The van der Waals surface area contributed by atoms with Gasteiger partial charge in [0, 0.05) is 49.5 Å². The maximum absolute atomic E-state index is 14.0. The fourth-order valence-electron chi connectivity index (χ4n) is 7.23. The predicted molar refractivity (Wildman–Crippen MR) is 131 cm³/mol. The van der Waals surface area contributed by atoms with E-state index >= 15 is 0 Å². The van der Waals surface area contributed by atoms with Gasteiger partial charge in [0.05, 0.1) is 17.7 Å². The summed E-state index contributed by atoms with van der Waals surface area (Å²) < 4.78 is 7.60. The van der Waals surface area contributed by atoms with Crippen molar-refractivity contribution in [3.05, 3.63) is 47.6 Å². The largest absolute Gasteiger partial charge is 0.383 e. The molecule has 0 unspecified atom stereocenters. The quantitative estimate of drug-likeness (QED) is 0.456. The number of hydrogen-bond acceptors (Lipinski definition) is 4. The number of carbonyl (C=O) groups is 1. The van der Waals surface area contributed by atoms with Gasteiger partial charge in [0.1, 0.15) is 0 Å². The lowest BCUT2D eigenvalue weighted by atomic mass is 9.49. The van der Waals surface area contributed by atoms with E-state index in [4.69, 9.17) is 9.72 Å². The normalized spacial score (nSPS) is 28.0. The molecule has 5 nitrogen and oxygen atoms in total. The smallest absolute Gasteiger partial charge is 0.228 e. The van der Waals surface area contributed by atoms with E-state index in [1.165, 1.54) is 25.0 Å². The average molecular weight is 464 g/mol. The second kappa shape index (κ2) is 8.55. The van der Waals surface area contributed by atoms with Crippen LogP contribution in [0.1, 0.15) is 44.2 Å². The van der Waals surface area contributed by atoms with Gasteiger partial charge >= 0.3 is 0 Å². The molecule has 0 radical (unpaired) electrons. The lowest BCUT2D eigenvalue weighted by Gasteiger charge is -2.56. The zero-order valence-electron chi connectivity index (χ0n) is 19.4. The van der Waals surface area contributed by atoms with Crippen molar-refractivity contribution in [2.24, 2.45) is 23.2 Å². The van der Waals surface area contributed by atoms with Gasteiger partial charge in [0.2, 0.25) is 5.91 Å². The predicted octanol–water partition coefficient (Wildman–Crippen LogP) is 5.30. The number of nitrogens with zero attached hydrogens (tertiary/aromatic N) is 3. The van der Waals surface area contributed by atoms with Gasteiger partial charge in [-0.1, -0.05) is 30.3 Å². The molecule has 1 amide bonds. The van der Waals surface area contributed by atoms with Gasteiger partial charge in [-0.2, -0.15) is 0 Å². The van der Waals surface area contributed by atoms with Gasteiger partial charge in [0.25, 0.3) is 0 Å². The molecule has 0 atom stereocenters. The molecule has 1 aromatic carbocycles. The van der Waals surface area contributed by atoms with Crippen molar-refractivity contribution in [1.29, 1.82) is 0 Å². The van der Waals surface area contributed by atoms with Crippen molar-refractivity contribution in [3.8, 4) is 11.3 Å². The third kappa shape index (κ3) is 3.91. The highest BCUT2D eigenvalue weighted by Gasteiger charge is 2.55. The van der Waals surface area contributed by atoms with Crippen LogP contribution in [0.4, 0.5) is 0 Å². The molecular weight excluding hydrogens is 430 g/mol. The number of amides is 1. The molecule has 0 spiro atoms. The summed E-state index contributed by atoms with van der Waals surface area (Å²) in [6.07, 6.45) is 10.4. The first-order valence-electron chi connectivity index (χ1n) is 12.4. The van der Waals surface area contributed by atoms with Gasteiger partial charge in [-0.25, -0.2) is 4.98 Å². The highest BCUT2D eigenvalue weighted by molar-refractivity contribution is 7.15. The average Bonchev–Trinajstić information content (AvgIpc) is 3.40. The highest BCUT2D eigenvalue weighted by atomic mass is 32.1. The van der Waals surface area contributed by atoms with Crippen LogP contribution in [0, 0.1) is 23.2 Å². The molecule has 33 heavy (non-hydrogen) atoms. The number of methoxy groups -OCH3 is 1. The minimum absolute atomic E-state index is 0.0953. The first kappa shape index (κ1) is 21.4. The number of fused-ring (bicyclic) bond motifs is 1. The summed E-state index contributed by atoms with van der Waals surface area (Å²) in [4.78, 5) is 21.9. The Hall–Kier alpha value is -2.18. The highest BCUT2D eigenvalue weighted by Crippen LogP contribution is 2.60. The third-order valence-electron chi connectivity index (χ3n) is 8.34. The summed E-state index contributed by atoms with van der Waals surface area (Å²) in [5.41, 5.74) is 3.27. The number of imidazole rings is 1. The van der Waals surface area contributed by atoms with Crippen LogP contribution in [0.3, 0.4) is 0 Å². The summed E-state index contributed by atoms with van der Waals surface area (Å²) in [5, 5.41) is 2.20. The number of hydrogen-bond donors (Lipinski definition) is 0. The fourth-order valence-corrected chi connectivity index (χ4v) is 8.14. The molecule has 6 heteroatoms. The Labute approximate surface area is 199 Å². The topological polar surface area (TPSA) is 46.8 Å². The molecule has 4 bridgehead atoms. The Morgan fingerprint density at radius 1 is 1.12 bits per heavy atom. The van der Waals surface area contributed by atoms with Gasteiger partial charge in [-0.05, 0) is 56.3 Å². The van der Waals surface area contributed by atoms with E-state index in [0.717, 1.165) is 66.2 Å². The Kier molecular flexibility index (Phi) is 5.53. The van der Waals surface area contributed by atoms with Crippen molar-refractivity contribution in [1.82, 2.24) is 14.3 Å². The summed E-state index contributed by atoms with van der Waals surface area (Å²) in [5.74, 6) is 2.75. The molecule has 7 rings (SSSR count). The van der Waals surface area contributed by atoms with Crippen LogP contribution in [0.15, 0.2) is 41.9 Å². The first-order chi connectivity index (χ1) is 16.1. The van der Waals surface area contributed by atoms with Crippen molar-refractivity contribution < 1.29 is 9.53 Å². The maximum Gasteiger partial charge on any atom is 0.228 e. The molecule has 4 aliphatic rings. The number of thiazole rings is 1. The molecule has 2 aromatic heterocycles. The maximum atomic E-state index is 14.0. The molecule has 4 saturated carbocycles. The van der Waals surface area contributed by atoms with Crippen LogP contribution in [0.5, 0.6) is 0 Å². The van der Waals surface area contributed by atoms with Crippen LogP contribution in [-0.2, 0) is 16.0 Å². The van der Waals surface area contributed by atoms with Gasteiger partial charge in [-0.15, -0.1) is 11.3 Å². The van der Waals surface area contributed by atoms with E-state index in [-0.39, 0.29) is 5.41 Å². The number of ether oxygens (including phenoxy) is 1. The second-order valence-corrected chi connectivity index (χ2v) is 11.4.